The summed E-state index contributed by atoms with van der Waals surface area (Å²) in [6.45, 7) is 6.67. The van der Waals surface area contributed by atoms with Crippen LogP contribution in [0.25, 0.3) is 0 Å². The van der Waals surface area contributed by atoms with Crippen LogP contribution in [0.1, 0.15) is 41.6 Å². The average molecular weight is 276 g/mol. The van der Waals surface area contributed by atoms with Gasteiger partial charge in [-0.05, 0) is 20.8 Å². The lowest BCUT2D eigenvalue weighted by atomic mass is 10.1. The molecule has 0 aromatic carbocycles. The molecule has 0 aliphatic carbocycles. The third-order valence-electron chi connectivity index (χ3n) is 3.19. The van der Waals surface area contributed by atoms with Gasteiger partial charge < -0.3 is 11.1 Å². The van der Waals surface area contributed by atoms with Crippen molar-refractivity contribution in [1.82, 2.24) is 24.9 Å². The molecule has 0 bridgehead atoms. The number of aryl methyl sites for hydroxylation is 3. The van der Waals surface area contributed by atoms with E-state index in [0.717, 1.165) is 17.8 Å². The van der Waals surface area contributed by atoms with Crippen LogP contribution in [0.2, 0.25) is 0 Å². The predicted molar refractivity (Wildman–Crippen MR) is 76.1 cm³/mol. The minimum atomic E-state index is -0.278. The highest BCUT2D eigenvalue weighted by molar-refractivity contribution is 5.97. The second-order valence-corrected chi connectivity index (χ2v) is 4.83. The summed E-state index contributed by atoms with van der Waals surface area (Å²) in [6.07, 6.45) is 3.56. The lowest BCUT2D eigenvalue weighted by molar-refractivity contribution is 0.0935. The molecule has 0 aliphatic heterocycles. The molecule has 7 heteroatoms. The van der Waals surface area contributed by atoms with Crippen LogP contribution in [0, 0.1) is 6.92 Å². The van der Waals surface area contributed by atoms with E-state index in [1.807, 2.05) is 31.6 Å². The quantitative estimate of drug-likeness (QED) is 0.872. The Labute approximate surface area is 117 Å². The summed E-state index contributed by atoms with van der Waals surface area (Å²) in [4.78, 5) is 12.2. The smallest absolute Gasteiger partial charge is 0.274 e. The van der Waals surface area contributed by atoms with Crippen LogP contribution >= 0.6 is 0 Å². The first-order chi connectivity index (χ1) is 9.42. The van der Waals surface area contributed by atoms with Crippen LogP contribution in [0.5, 0.6) is 0 Å². The maximum absolute atomic E-state index is 12.2. The van der Waals surface area contributed by atoms with Gasteiger partial charge in [-0.2, -0.15) is 10.2 Å². The van der Waals surface area contributed by atoms with Crippen LogP contribution < -0.4 is 11.1 Å². The summed E-state index contributed by atoms with van der Waals surface area (Å²) in [5.41, 5.74) is 8.28. The molecule has 0 fully saturated rings. The van der Waals surface area contributed by atoms with Crippen LogP contribution in [0.3, 0.4) is 0 Å². The number of amides is 1. The number of nitrogens with two attached hydrogens (primary N) is 1. The van der Waals surface area contributed by atoms with Crippen LogP contribution in [-0.4, -0.2) is 25.5 Å². The zero-order chi connectivity index (χ0) is 14.9. The Bertz CT molecular complexity index is 627. The lowest BCUT2D eigenvalue weighted by Crippen LogP contribution is -2.28. The molecule has 2 rings (SSSR count). The molecule has 0 saturated heterocycles. The Morgan fingerprint density at radius 1 is 1.45 bits per heavy atom. The standard InChI is InChI=1S/C13H20N6O/c1-5-19-6-10(9(3)16-19)8(2)15-13(20)12-11(14)7-18(4)17-12/h6-8H,5,14H2,1-4H3,(H,15,20). The molecule has 3 N–H and O–H groups in total. The van der Waals surface area contributed by atoms with Crippen LogP contribution in [0.15, 0.2) is 12.4 Å². The summed E-state index contributed by atoms with van der Waals surface area (Å²) in [5.74, 6) is -0.278. The van der Waals surface area contributed by atoms with Crippen LogP contribution in [-0.2, 0) is 13.6 Å². The number of hydrogen-bond acceptors (Lipinski definition) is 4. The summed E-state index contributed by atoms with van der Waals surface area (Å²) in [5, 5.41) is 11.3. The summed E-state index contributed by atoms with van der Waals surface area (Å²) in [6, 6.07) is -0.149. The molecule has 2 aromatic rings. The van der Waals surface area contributed by atoms with E-state index in [1.165, 1.54) is 4.68 Å². The molecule has 2 aromatic heterocycles. The van der Waals surface area contributed by atoms with Gasteiger partial charge in [0.1, 0.15) is 0 Å². The minimum Gasteiger partial charge on any atom is -0.396 e. The molecule has 0 spiro atoms. The normalized spacial score (nSPS) is 12.4. The van der Waals surface area contributed by atoms with E-state index >= 15 is 0 Å². The molecule has 20 heavy (non-hydrogen) atoms. The first-order valence-electron chi connectivity index (χ1n) is 6.56. The minimum absolute atomic E-state index is 0.149. The van der Waals surface area contributed by atoms with Crippen molar-refractivity contribution >= 4 is 11.6 Å². The zero-order valence-electron chi connectivity index (χ0n) is 12.2. The number of hydrogen-bond donors (Lipinski definition) is 2. The zero-order valence-corrected chi connectivity index (χ0v) is 12.2. The molecule has 1 atom stereocenters. The summed E-state index contributed by atoms with van der Waals surface area (Å²) >= 11 is 0. The number of nitrogen functional groups attached to an aromatic ring is 1. The Balaban J connectivity index is 2.14. The molecule has 108 valence electrons. The van der Waals surface area contributed by atoms with Crippen molar-refractivity contribution in [3.05, 3.63) is 29.3 Å². The van der Waals surface area contributed by atoms with Crippen molar-refractivity contribution in [2.45, 2.75) is 33.4 Å². The first-order valence-corrected chi connectivity index (χ1v) is 6.56. The van der Waals surface area contributed by atoms with E-state index in [0.29, 0.717) is 5.69 Å². The Morgan fingerprint density at radius 3 is 2.65 bits per heavy atom. The van der Waals surface area contributed by atoms with Gasteiger partial charge in [0.2, 0.25) is 0 Å². The molecule has 1 amide bonds. The van der Waals surface area contributed by atoms with Gasteiger partial charge in [-0.25, -0.2) is 0 Å². The number of carbonyl (C=O) groups is 1. The van der Waals surface area contributed by atoms with Crippen molar-refractivity contribution in [2.75, 3.05) is 5.73 Å². The molecule has 0 saturated carbocycles. The fourth-order valence-electron chi connectivity index (χ4n) is 2.15. The predicted octanol–water partition coefficient (Wildman–Crippen LogP) is 1.02. The highest BCUT2D eigenvalue weighted by atomic mass is 16.2. The van der Waals surface area contributed by atoms with Gasteiger partial charge in [0.25, 0.3) is 5.91 Å². The van der Waals surface area contributed by atoms with E-state index in [-0.39, 0.29) is 17.6 Å². The van der Waals surface area contributed by atoms with Gasteiger partial charge >= 0.3 is 0 Å². The Morgan fingerprint density at radius 2 is 2.15 bits per heavy atom. The Hall–Kier alpha value is -2.31. The van der Waals surface area contributed by atoms with Crippen molar-refractivity contribution in [3.8, 4) is 0 Å². The maximum atomic E-state index is 12.2. The fourth-order valence-corrected chi connectivity index (χ4v) is 2.15. The van der Waals surface area contributed by atoms with E-state index in [2.05, 4.69) is 15.5 Å². The largest absolute Gasteiger partial charge is 0.396 e. The molecule has 1 unspecified atom stereocenters. The number of carbonyl (C=O) groups excluding carboxylic acids is 1. The van der Waals surface area contributed by atoms with Gasteiger partial charge in [-0.15, -0.1) is 0 Å². The molecule has 2 heterocycles. The Kier molecular flexibility index (Phi) is 3.78. The van der Waals surface area contributed by atoms with Crippen molar-refractivity contribution < 1.29 is 4.79 Å². The average Bonchev–Trinajstić information content (AvgIpc) is 2.91. The molecule has 7 nitrogen and oxygen atoms in total. The number of aromatic nitrogens is 4. The topological polar surface area (TPSA) is 90.8 Å². The van der Waals surface area contributed by atoms with E-state index in [9.17, 15) is 4.79 Å². The van der Waals surface area contributed by atoms with E-state index in [1.54, 1.807) is 13.2 Å². The molecule has 0 radical (unpaired) electrons. The van der Waals surface area contributed by atoms with Gasteiger partial charge in [0.15, 0.2) is 5.69 Å². The van der Waals surface area contributed by atoms with Gasteiger partial charge in [-0.1, -0.05) is 0 Å². The molecular formula is C13H20N6O. The maximum Gasteiger partial charge on any atom is 0.274 e. The van der Waals surface area contributed by atoms with Crippen molar-refractivity contribution in [1.29, 1.82) is 0 Å². The second kappa shape index (κ2) is 5.36. The first kappa shape index (κ1) is 14.1. The lowest BCUT2D eigenvalue weighted by Gasteiger charge is -2.12. The van der Waals surface area contributed by atoms with Gasteiger partial charge in [0.05, 0.1) is 17.4 Å². The van der Waals surface area contributed by atoms with Gasteiger partial charge in [-0.3, -0.25) is 14.2 Å². The monoisotopic (exact) mass is 276 g/mol. The third-order valence-corrected chi connectivity index (χ3v) is 3.19. The third kappa shape index (κ3) is 2.66. The van der Waals surface area contributed by atoms with Crippen LogP contribution in [0.4, 0.5) is 5.69 Å². The number of anilines is 1. The summed E-state index contributed by atoms with van der Waals surface area (Å²) in [7, 11) is 1.73. The number of nitrogens with one attached hydrogen (secondary N) is 1. The van der Waals surface area contributed by atoms with E-state index in [4.69, 9.17) is 5.73 Å². The number of rotatable bonds is 4. The number of nitrogens with zero attached hydrogens (tertiary/aromatic N) is 4. The van der Waals surface area contributed by atoms with Crippen molar-refractivity contribution in [2.24, 2.45) is 7.05 Å². The van der Waals surface area contributed by atoms with Gasteiger partial charge in [0, 0.05) is 31.5 Å². The fraction of sp³-hybridized carbons (Fsp3) is 0.462. The highest BCUT2D eigenvalue weighted by Crippen LogP contribution is 2.17. The van der Waals surface area contributed by atoms with E-state index < -0.39 is 0 Å². The molecular weight excluding hydrogens is 256 g/mol. The van der Waals surface area contributed by atoms with Crippen molar-refractivity contribution in [3.63, 3.8) is 0 Å². The second-order valence-electron chi connectivity index (χ2n) is 4.83. The SMILES string of the molecule is CCn1cc(C(C)NC(=O)c2nn(C)cc2N)c(C)n1. The molecule has 0 aliphatic rings. The summed E-state index contributed by atoms with van der Waals surface area (Å²) < 4.78 is 3.37. The highest BCUT2D eigenvalue weighted by Gasteiger charge is 2.19.